The van der Waals surface area contributed by atoms with Gasteiger partial charge in [0.15, 0.2) is 6.10 Å². The maximum absolute atomic E-state index is 12.9. The first kappa shape index (κ1) is 77.4. The van der Waals surface area contributed by atoms with E-state index in [0.717, 1.165) is 83.5 Å². The van der Waals surface area contributed by atoms with Gasteiger partial charge in [0.05, 0.1) is 0 Å². The van der Waals surface area contributed by atoms with E-state index in [0.29, 0.717) is 19.3 Å². The maximum atomic E-state index is 12.9. The molecule has 1 atom stereocenters. The lowest BCUT2D eigenvalue weighted by Gasteiger charge is -2.18. The minimum Gasteiger partial charge on any atom is -0.462 e. The SMILES string of the molecule is CC/C=C\C/C=C\C/C=C\C/C=C\CCCCCCCCCCCCCCCCCCCCCCC(=O)OCC(COC(=O)CCCCCCCCCCCC)OC(=O)CCCCCCCCCCCCCCCCCCCCC. The molecule has 0 aliphatic rings. The zero-order chi connectivity index (χ0) is 57.8. The summed E-state index contributed by atoms with van der Waals surface area (Å²) in [7, 11) is 0. The number of hydrogen-bond acceptors (Lipinski definition) is 6. The van der Waals surface area contributed by atoms with Gasteiger partial charge in [-0.3, -0.25) is 14.4 Å². The fourth-order valence-corrected chi connectivity index (χ4v) is 10.8. The van der Waals surface area contributed by atoms with Crippen molar-refractivity contribution < 1.29 is 28.6 Å². The quantitative estimate of drug-likeness (QED) is 0.0261. The van der Waals surface area contributed by atoms with E-state index < -0.39 is 6.10 Å². The summed E-state index contributed by atoms with van der Waals surface area (Å²) in [5.41, 5.74) is 0. The first-order chi connectivity index (χ1) is 39.5. The molecular weight excluding hydrogens is 985 g/mol. The van der Waals surface area contributed by atoms with Gasteiger partial charge in [0, 0.05) is 19.3 Å². The number of carbonyl (C=O) groups excluding carboxylic acids is 3. The molecule has 0 amide bonds. The van der Waals surface area contributed by atoms with Crippen LogP contribution in [-0.2, 0) is 28.6 Å². The van der Waals surface area contributed by atoms with Crippen LogP contribution in [0.4, 0.5) is 0 Å². The fourth-order valence-electron chi connectivity index (χ4n) is 10.8. The summed E-state index contributed by atoms with van der Waals surface area (Å²) in [4.78, 5) is 38.3. The molecule has 0 bridgehead atoms. The number of unbranched alkanes of at least 4 members (excludes halogenated alkanes) is 47. The van der Waals surface area contributed by atoms with Crippen molar-refractivity contribution in [2.45, 2.75) is 393 Å². The normalized spacial score (nSPS) is 12.3. The van der Waals surface area contributed by atoms with Gasteiger partial charge in [-0.05, 0) is 57.8 Å². The highest BCUT2D eigenvalue weighted by Crippen LogP contribution is 2.19. The van der Waals surface area contributed by atoms with E-state index in [1.54, 1.807) is 0 Å². The van der Waals surface area contributed by atoms with E-state index in [2.05, 4.69) is 69.4 Å². The smallest absolute Gasteiger partial charge is 0.306 e. The fraction of sp³-hybridized carbons (Fsp3) is 0.851. The van der Waals surface area contributed by atoms with Crippen LogP contribution in [-0.4, -0.2) is 37.2 Å². The average Bonchev–Trinajstić information content (AvgIpc) is 3.46. The average molecular weight is 1120 g/mol. The molecule has 0 saturated carbocycles. The van der Waals surface area contributed by atoms with Gasteiger partial charge in [-0.25, -0.2) is 0 Å². The summed E-state index contributed by atoms with van der Waals surface area (Å²) >= 11 is 0. The van der Waals surface area contributed by atoms with E-state index in [1.165, 1.54) is 263 Å². The summed E-state index contributed by atoms with van der Waals surface area (Å²) in [6.07, 6.45) is 87.3. The van der Waals surface area contributed by atoms with Crippen LogP contribution in [0.1, 0.15) is 387 Å². The lowest BCUT2D eigenvalue weighted by molar-refractivity contribution is -0.167. The number of carbonyl (C=O) groups is 3. The summed E-state index contributed by atoms with van der Waals surface area (Å²) in [5, 5.41) is 0. The lowest BCUT2D eigenvalue weighted by Crippen LogP contribution is -2.30. The monoisotopic (exact) mass is 1120 g/mol. The Bertz CT molecular complexity index is 1380. The van der Waals surface area contributed by atoms with E-state index >= 15 is 0 Å². The zero-order valence-corrected chi connectivity index (χ0v) is 53.9. The Balaban J connectivity index is 4.06. The number of rotatable bonds is 66. The Kier molecular flexibility index (Phi) is 66.6. The van der Waals surface area contributed by atoms with Crippen molar-refractivity contribution in [3.05, 3.63) is 48.6 Å². The van der Waals surface area contributed by atoms with Gasteiger partial charge < -0.3 is 14.2 Å². The van der Waals surface area contributed by atoms with Gasteiger partial charge in [0.2, 0.25) is 0 Å². The third kappa shape index (κ3) is 66.2. The molecular formula is C74H136O6. The number of allylic oxidation sites excluding steroid dienone is 8. The predicted octanol–water partition coefficient (Wildman–Crippen LogP) is 24.5. The second-order valence-corrected chi connectivity index (χ2v) is 24.1. The molecule has 0 aliphatic heterocycles. The van der Waals surface area contributed by atoms with Crippen molar-refractivity contribution in [1.82, 2.24) is 0 Å². The molecule has 0 radical (unpaired) electrons. The first-order valence-electron chi connectivity index (χ1n) is 35.6. The molecule has 6 nitrogen and oxygen atoms in total. The molecule has 0 saturated heterocycles. The van der Waals surface area contributed by atoms with Crippen LogP contribution < -0.4 is 0 Å². The molecule has 0 aromatic heterocycles. The molecule has 0 N–H and O–H groups in total. The minimum atomic E-state index is -0.767. The van der Waals surface area contributed by atoms with Gasteiger partial charge in [-0.2, -0.15) is 0 Å². The van der Waals surface area contributed by atoms with Crippen LogP contribution in [0.25, 0.3) is 0 Å². The van der Waals surface area contributed by atoms with Crippen molar-refractivity contribution in [3.63, 3.8) is 0 Å². The van der Waals surface area contributed by atoms with E-state index in [1.807, 2.05) is 0 Å². The summed E-state index contributed by atoms with van der Waals surface area (Å²) < 4.78 is 17.0. The van der Waals surface area contributed by atoms with Crippen molar-refractivity contribution in [1.29, 1.82) is 0 Å². The highest BCUT2D eigenvalue weighted by molar-refractivity contribution is 5.71. The highest BCUT2D eigenvalue weighted by atomic mass is 16.6. The topological polar surface area (TPSA) is 78.9 Å². The molecule has 0 spiro atoms. The molecule has 80 heavy (non-hydrogen) atoms. The number of ether oxygens (including phenoxy) is 3. The number of hydrogen-bond donors (Lipinski definition) is 0. The molecule has 0 aliphatic carbocycles. The van der Waals surface area contributed by atoms with E-state index in [-0.39, 0.29) is 31.1 Å². The summed E-state index contributed by atoms with van der Waals surface area (Å²) in [6, 6.07) is 0. The Labute approximate surface area is 498 Å². The van der Waals surface area contributed by atoms with Crippen LogP contribution in [0, 0.1) is 0 Å². The van der Waals surface area contributed by atoms with Crippen molar-refractivity contribution in [3.8, 4) is 0 Å². The third-order valence-corrected chi connectivity index (χ3v) is 16.1. The number of esters is 3. The molecule has 6 heteroatoms. The second-order valence-electron chi connectivity index (χ2n) is 24.1. The zero-order valence-electron chi connectivity index (χ0n) is 53.9. The van der Waals surface area contributed by atoms with E-state index in [4.69, 9.17) is 14.2 Å². The van der Waals surface area contributed by atoms with Crippen LogP contribution >= 0.6 is 0 Å². The predicted molar refractivity (Wildman–Crippen MR) is 349 cm³/mol. The van der Waals surface area contributed by atoms with Crippen LogP contribution in [0.15, 0.2) is 48.6 Å². The molecule has 0 aromatic rings. The highest BCUT2D eigenvalue weighted by Gasteiger charge is 2.19. The van der Waals surface area contributed by atoms with Crippen LogP contribution in [0.5, 0.6) is 0 Å². The Morgan fingerprint density at radius 3 is 0.762 bits per heavy atom. The second kappa shape index (κ2) is 68.9. The van der Waals surface area contributed by atoms with Crippen molar-refractivity contribution >= 4 is 17.9 Å². The minimum absolute atomic E-state index is 0.0648. The van der Waals surface area contributed by atoms with Gasteiger partial charge >= 0.3 is 17.9 Å². The Morgan fingerprint density at radius 2 is 0.487 bits per heavy atom. The molecule has 468 valence electrons. The van der Waals surface area contributed by atoms with Crippen LogP contribution in [0.3, 0.4) is 0 Å². The standard InChI is InChI=1S/C74H136O6/c1-4-7-10-13-16-19-22-24-26-28-30-31-32-33-34-35-36-37-38-39-40-41-42-43-45-46-48-50-52-55-58-61-64-67-73(76)79-70-71(69-78-72(75)66-63-60-57-54-21-18-15-12-9-6-3)80-74(77)68-65-62-59-56-53-51-49-47-44-29-27-25-23-20-17-14-11-8-5-2/h7,10,16,19,24,26,30-31,71H,4-6,8-9,11-15,17-18,20-23,25,27-29,32-70H2,1-3H3/b10-7-,19-16-,26-24-,31-30-. The van der Waals surface area contributed by atoms with Gasteiger partial charge in [-0.1, -0.05) is 358 Å². The summed E-state index contributed by atoms with van der Waals surface area (Å²) in [5.74, 6) is -0.836. The largest absolute Gasteiger partial charge is 0.462 e. The van der Waals surface area contributed by atoms with Gasteiger partial charge in [0.1, 0.15) is 13.2 Å². The molecule has 0 heterocycles. The first-order valence-corrected chi connectivity index (χ1v) is 35.6. The molecule has 0 aromatic carbocycles. The van der Waals surface area contributed by atoms with Crippen LogP contribution in [0.2, 0.25) is 0 Å². The molecule has 0 rings (SSSR count). The molecule has 1 unspecified atom stereocenters. The van der Waals surface area contributed by atoms with Gasteiger partial charge in [-0.15, -0.1) is 0 Å². The van der Waals surface area contributed by atoms with Gasteiger partial charge in [0.25, 0.3) is 0 Å². The van der Waals surface area contributed by atoms with E-state index in [9.17, 15) is 14.4 Å². The summed E-state index contributed by atoms with van der Waals surface area (Å²) in [6.45, 7) is 6.59. The molecule has 0 fully saturated rings. The van der Waals surface area contributed by atoms with Crippen molar-refractivity contribution in [2.75, 3.05) is 13.2 Å². The third-order valence-electron chi connectivity index (χ3n) is 16.1. The van der Waals surface area contributed by atoms with Crippen molar-refractivity contribution in [2.24, 2.45) is 0 Å². The Hall–Kier alpha value is -2.63. The maximum Gasteiger partial charge on any atom is 0.306 e. The Morgan fingerprint density at radius 1 is 0.263 bits per heavy atom. The lowest BCUT2D eigenvalue weighted by atomic mass is 10.0.